The van der Waals surface area contributed by atoms with Crippen molar-refractivity contribution in [3.05, 3.63) is 110 Å². The first kappa shape index (κ1) is 35.5. The summed E-state index contributed by atoms with van der Waals surface area (Å²) in [7, 11) is 0. The number of hydrogen-bond donors (Lipinski definition) is 2. The Hall–Kier alpha value is -4.78. The number of halogens is 4. The molecule has 0 bridgehead atoms. The van der Waals surface area contributed by atoms with Crippen LogP contribution in [0, 0.1) is 17.5 Å². The highest BCUT2D eigenvalue weighted by Crippen LogP contribution is 2.36. The van der Waals surface area contributed by atoms with E-state index < -0.39 is 53.1 Å². The summed E-state index contributed by atoms with van der Waals surface area (Å²) in [4.78, 5) is 43.6. The molecule has 2 heterocycles. The molecule has 49 heavy (non-hydrogen) atoms. The standard InChI is InChI=1S/C34H34ClF3N6O5/c1-20(45)43-13-11-34(12-14-43)19-44(33(47)48)18-26(49-34)9-10-27-28(38)3-2-4-29(27)40-32(46)31(41-42-39)30(21-5-7-23(35)8-6-21)22-15-24(36)17-25(37)16-22/h2-8,15-17,26,30-31H,9-14,18-19H2,1H3,(H,40,46)(H,47,48)/t26?,30-,31-/m0/s1. The van der Waals surface area contributed by atoms with Crippen molar-refractivity contribution in [1.82, 2.24) is 9.80 Å². The molecule has 2 saturated heterocycles. The fourth-order valence-corrected chi connectivity index (χ4v) is 6.76. The van der Waals surface area contributed by atoms with Crippen molar-refractivity contribution in [3.63, 3.8) is 0 Å². The average Bonchev–Trinajstić information content (AvgIpc) is 3.04. The highest BCUT2D eigenvalue weighted by atomic mass is 35.5. The molecule has 1 spiro atoms. The van der Waals surface area contributed by atoms with Gasteiger partial charge < -0.3 is 25.0 Å². The maximum Gasteiger partial charge on any atom is 0.407 e. The lowest BCUT2D eigenvalue weighted by Gasteiger charge is -2.49. The Morgan fingerprint density at radius 1 is 1.06 bits per heavy atom. The average molecular weight is 699 g/mol. The predicted molar refractivity (Wildman–Crippen MR) is 175 cm³/mol. The third kappa shape index (κ3) is 8.45. The molecular formula is C34H34ClF3N6O5. The van der Waals surface area contributed by atoms with Crippen LogP contribution in [0.3, 0.4) is 0 Å². The summed E-state index contributed by atoms with van der Waals surface area (Å²) in [5, 5.41) is 16.6. The van der Waals surface area contributed by atoms with E-state index in [0.29, 0.717) is 42.6 Å². The zero-order valence-electron chi connectivity index (χ0n) is 26.5. The second-order valence-corrected chi connectivity index (χ2v) is 12.7. The fraction of sp³-hybridized carbons (Fsp3) is 0.382. The first-order valence-electron chi connectivity index (χ1n) is 15.6. The Kier molecular flexibility index (Phi) is 11.0. The van der Waals surface area contributed by atoms with Crippen molar-refractivity contribution in [2.24, 2.45) is 5.11 Å². The molecular weight excluding hydrogens is 665 g/mol. The molecule has 2 aliphatic heterocycles. The summed E-state index contributed by atoms with van der Waals surface area (Å²) in [6, 6.07) is 11.3. The number of piperidine rings is 1. The first-order chi connectivity index (χ1) is 23.4. The van der Waals surface area contributed by atoms with E-state index in [1.807, 2.05) is 0 Å². The zero-order chi connectivity index (χ0) is 35.3. The highest BCUT2D eigenvalue weighted by molar-refractivity contribution is 6.30. The molecule has 3 aromatic rings. The van der Waals surface area contributed by atoms with Crippen LogP contribution in [-0.4, -0.2) is 76.7 Å². The Balaban J connectivity index is 1.39. The number of carboxylic acid groups (broad SMARTS) is 1. The molecule has 1 unspecified atom stereocenters. The number of azide groups is 1. The molecule has 3 aromatic carbocycles. The maximum absolute atomic E-state index is 15.4. The van der Waals surface area contributed by atoms with E-state index in [4.69, 9.17) is 16.3 Å². The first-order valence-corrected chi connectivity index (χ1v) is 16.0. The molecule has 15 heteroatoms. The minimum atomic E-state index is -1.57. The molecule has 11 nitrogen and oxygen atoms in total. The lowest BCUT2D eigenvalue weighted by molar-refractivity contribution is -0.173. The van der Waals surface area contributed by atoms with Gasteiger partial charge in [0.05, 0.1) is 24.8 Å². The van der Waals surface area contributed by atoms with E-state index >= 15 is 4.39 Å². The molecule has 3 atom stereocenters. The van der Waals surface area contributed by atoms with Crippen LogP contribution in [0.5, 0.6) is 0 Å². The molecule has 3 amide bonds. The van der Waals surface area contributed by atoms with E-state index in [0.717, 1.165) is 12.1 Å². The number of anilines is 1. The van der Waals surface area contributed by atoms with Crippen LogP contribution >= 0.6 is 11.6 Å². The van der Waals surface area contributed by atoms with Gasteiger partial charge in [-0.25, -0.2) is 18.0 Å². The van der Waals surface area contributed by atoms with Gasteiger partial charge in [0.25, 0.3) is 0 Å². The molecule has 0 aliphatic carbocycles. The quantitative estimate of drug-likeness (QED) is 0.142. The number of nitrogens with zero attached hydrogens (tertiary/aromatic N) is 5. The summed E-state index contributed by atoms with van der Waals surface area (Å²) in [6.07, 6.45) is -0.598. The Bertz CT molecular complexity index is 1750. The number of morpholine rings is 1. The van der Waals surface area contributed by atoms with Crippen molar-refractivity contribution in [1.29, 1.82) is 0 Å². The zero-order valence-corrected chi connectivity index (χ0v) is 27.2. The van der Waals surface area contributed by atoms with Crippen LogP contribution in [0.25, 0.3) is 10.4 Å². The number of hydrogen-bond acceptors (Lipinski definition) is 5. The largest absolute Gasteiger partial charge is 0.465 e. The number of amides is 3. The van der Waals surface area contributed by atoms with E-state index in [1.165, 1.54) is 54.3 Å². The number of rotatable bonds is 9. The second-order valence-electron chi connectivity index (χ2n) is 12.3. The minimum absolute atomic E-state index is 0.0207. The maximum atomic E-state index is 15.4. The molecule has 0 saturated carbocycles. The van der Waals surface area contributed by atoms with Gasteiger partial charge in [-0.05, 0) is 78.7 Å². The molecule has 258 valence electrons. The number of carbonyl (C=O) groups excluding carboxylic acids is 2. The van der Waals surface area contributed by atoms with Crippen molar-refractivity contribution in [3.8, 4) is 0 Å². The third-order valence-corrected chi connectivity index (χ3v) is 9.29. The van der Waals surface area contributed by atoms with Crippen LogP contribution in [-0.2, 0) is 20.7 Å². The number of benzene rings is 3. The molecule has 0 aromatic heterocycles. The predicted octanol–water partition coefficient (Wildman–Crippen LogP) is 6.90. The molecule has 2 fully saturated rings. The van der Waals surface area contributed by atoms with Gasteiger partial charge >= 0.3 is 6.09 Å². The van der Waals surface area contributed by atoms with Gasteiger partial charge in [-0.2, -0.15) is 0 Å². The van der Waals surface area contributed by atoms with Gasteiger partial charge in [0, 0.05) is 53.2 Å². The smallest absolute Gasteiger partial charge is 0.407 e. The fourth-order valence-electron chi connectivity index (χ4n) is 6.64. The van der Waals surface area contributed by atoms with E-state index in [2.05, 4.69) is 15.3 Å². The summed E-state index contributed by atoms with van der Waals surface area (Å²) < 4.78 is 50.6. The molecule has 0 radical (unpaired) electrons. The van der Waals surface area contributed by atoms with Gasteiger partial charge in [-0.1, -0.05) is 34.9 Å². The Morgan fingerprint density at radius 3 is 2.35 bits per heavy atom. The van der Waals surface area contributed by atoms with Crippen LogP contribution in [0.15, 0.2) is 65.8 Å². The minimum Gasteiger partial charge on any atom is -0.465 e. The summed E-state index contributed by atoms with van der Waals surface area (Å²) >= 11 is 6.05. The van der Waals surface area contributed by atoms with Crippen molar-refractivity contribution in [2.45, 2.75) is 56.3 Å². The summed E-state index contributed by atoms with van der Waals surface area (Å²) in [6.45, 7) is 2.52. The van der Waals surface area contributed by atoms with Crippen molar-refractivity contribution >= 4 is 35.2 Å². The van der Waals surface area contributed by atoms with Gasteiger partial charge in [-0.15, -0.1) is 0 Å². The van der Waals surface area contributed by atoms with Crippen LogP contribution in [0.1, 0.15) is 48.8 Å². The van der Waals surface area contributed by atoms with Gasteiger partial charge in [0.2, 0.25) is 11.8 Å². The topological polar surface area (TPSA) is 148 Å². The highest BCUT2D eigenvalue weighted by Gasteiger charge is 2.44. The SMILES string of the molecule is CC(=O)N1CCC2(CC1)CN(C(=O)O)CC(CCc1c(F)cccc1NC(=O)[C@@H](N=[N+]=[N-])[C@@H](c1ccc(Cl)cc1)c1cc(F)cc(F)c1)O2. The summed E-state index contributed by atoms with van der Waals surface area (Å²) in [5.41, 5.74) is 9.22. The monoisotopic (exact) mass is 698 g/mol. The Morgan fingerprint density at radius 2 is 1.73 bits per heavy atom. The summed E-state index contributed by atoms with van der Waals surface area (Å²) in [5.74, 6) is -4.54. The number of nitrogens with one attached hydrogen (secondary N) is 1. The number of carbonyl (C=O) groups is 3. The normalized spacial score (nSPS) is 18.3. The van der Waals surface area contributed by atoms with E-state index in [9.17, 15) is 33.8 Å². The van der Waals surface area contributed by atoms with Gasteiger partial charge in [-0.3, -0.25) is 9.59 Å². The van der Waals surface area contributed by atoms with Crippen LogP contribution in [0.4, 0.5) is 23.7 Å². The van der Waals surface area contributed by atoms with Crippen molar-refractivity contribution < 1.29 is 37.4 Å². The van der Waals surface area contributed by atoms with Gasteiger partial charge in [0.15, 0.2) is 0 Å². The molecule has 2 N–H and O–H groups in total. The van der Waals surface area contributed by atoms with Gasteiger partial charge in [0.1, 0.15) is 23.5 Å². The van der Waals surface area contributed by atoms with E-state index in [1.54, 1.807) is 4.90 Å². The van der Waals surface area contributed by atoms with Crippen molar-refractivity contribution in [2.75, 3.05) is 31.5 Å². The lowest BCUT2D eigenvalue weighted by atomic mass is 9.84. The van der Waals surface area contributed by atoms with E-state index in [-0.39, 0.29) is 48.7 Å². The Labute approximate surface area is 285 Å². The second kappa shape index (κ2) is 15.2. The third-order valence-electron chi connectivity index (χ3n) is 9.04. The number of likely N-dealkylation sites (tertiary alicyclic amines) is 1. The van der Waals surface area contributed by atoms with Crippen LogP contribution < -0.4 is 5.32 Å². The molecule has 5 rings (SSSR count). The lowest BCUT2D eigenvalue weighted by Crippen LogP contribution is -2.61. The van der Waals surface area contributed by atoms with Crippen LogP contribution in [0.2, 0.25) is 5.02 Å². The number of ether oxygens (including phenoxy) is 1. The molecule has 2 aliphatic rings.